The van der Waals surface area contributed by atoms with Crippen molar-refractivity contribution in [2.24, 2.45) is 0 Å². The summed E-state index contributed by atoms with van der Waals surface area (Å²) in [7, 11) is 0. The fraction of sp³-hybridized carbons (Fsp3) is 0.0714. The highest BCUT2D eigenvalue weighted by atomic mass is 32.1. The van der Waals surface area contributed by atoms with Crippen LogP contribution in [0.25, 0.3) is 32.3 Å². The number of hydrogen-bond acceptors (Lipinski definition) is 2. The Morgan fingerprint density at radius 3 is 2.23 bits per heavy atom. The van der Waals surface area contributed by atoms with E-state index in [0.29, 0.717) is 0 Å². The molecule has 1 aliphatic rings. The molecule has 30 heavy (non-hydrogen) atoms. The van der Waals surface area contributed by atoms with E-state index in [1.807, 2.05) is 0 Å². The van der Waals surface area contributed by atoms with Crippen molar-refractivity contribution in [3.63, 3.8) is 0 Å². The van der Waals surface area contributed by atoms with Crippen LogP contribution in [0.3, 0.4) is 0 Å². The third-order valence-electron chi connectivity index (χ3n) is 6.02. The Bertz CT molecular complexity index is 1400. The summed E-state index contributed by atoms with van der Waals surface area (Å²) in [5, 5.41) is 4.81. The van der Waals surface area contributed by atoms with Crippen molar-refractivity contribution in [1.82, 2.24) is 0 Å². The first kappa shape index (κ1) is 17.5. The molecule has 0 atom stereocenters. The van der Waals surface area contributed by atoms with Gasteiger partial charge >= 0.3 is 0 Å². The number of benzene rings is 4. The molecule has 0 aliphatic carbocycles. The number of fused-ring (bicyclic) bond motifs is 2. The molecule has 0 saturated heterocycles. The van der Waals surface area contributed by atoms with Crippen LogP contribution in [0.2, 0.25) is 0 Å². The summed E-state index contributed by atoms with van der Waals surface area (Å²) in [5.41, 5.74) is 10.2. The molecule has 4 aromatic carbocycles. The molecule has 0 saturated carbocycles. The fourth-order valence-electron chi connectivity index (χ4n) is 4.61. The SMILES string of the molecule is Cc1ccc(N2c3ccc(C)cc3-c3cccc4c(-c5cccs5)ccc2c34)cc1. The Balaban J connectivity index is 1.73. The van der Waals surface area contributed by atoms with Gasteiger partial charge in [0, 0.05) is 21.5 Å². The molecular weight excluding hydrogens is 382 g/mol. The summed E-state index contributed by atoms with van der Waals surface area (Å²) >= 11 is 1.80. The summed E-state index contributed by atoms with van der Waals surface area (Å²) in [6.07, 6.45) is 0. The van der Waals surface area contributed by atoms with Gasteiger partial charge in [0.1, 0.15) is 0 Å². The zero-order chi connectivity index (χ0) is 20.2. The minimum Gasteiger partial charge on any atom is -0.309 e. The zero-order valence-corrected chi connectivity index (χ0v) is 17.8. The summed E-state index contributed by atoms with van der Waals surface area (Å²) in [6, 6.07) is 31.3. The molecule has 5 aromatic rings. The van der Waals surface area contributed by atoms with Crippen molar-refractivity contribution in [3.05, 3.63) is 101 Å². The van der Waals surface area contributed by atoms with E-state index in [0.717, 1.165) is 0 Å². The van der Waals surface area contributed by atoms with Crippen LogP contribution < -0.4 is 4.90 Å². The van der Waals surface area contributed by atoms with E-state index in [-0.39, 0.29) is 0 Å². The topological polar surface area (TPSA) is 3.24 Å². The smallest absolute Gasteiger partial charge is 0.0547 e. The van der Waals surface area contributed by atoms with Crippen molar-refractivity contribution < 1.29 is 0 Å². The Kier molecular flexibility index (Phi) is 3.84. The quantitative estimate of drug-likeness (QED) is 0.280. The molecule has 1 nitrogen and oxygen atoms in total. The summed E-state index contributed by atoms with van der Waals surface area (Å²) in [5.74, 6) is 0. The summed E-state index contributed by atoms with van der Waals surface area (Å²) in [6.45, 7) is 4.31. The van der Waals surface area contributed by atoms with Crippen molar-refractivity contribution in [2.75, 3.05) is 4.90 Å². The van der Waals surface area contributed by atoms with Crippen LogP contribution >= 0.6 is 11.3 Å². The maximum Gasteiger partial charge on any atom is 0.0547 e. The Morgan fingerprint density at radius 1 is 0.633 bits per heavy atom. The molecule has 144 valence electrons. The van der Waals surface area contributed by atoms with Gasteiger partial charge in [-0.1, -0.05) is 59.7 Å². The minimum absolute atomic E-state index is 1.20. The lowest BCUT2D eigenvalue weighted by molar-refractivity contribution is 1.27. The van der Waals surface area contributed by atoms with Gasteiger partial charge < -0.3 is 4.90 Å². The third kappa shape index (κ3) is 2.54. The third-order valence-corrected chi connectivity index (χ3v) is 6.92. The average Bonchev–Trinajstić information content (AvgIpc) is 3.30. The van der Waals surface area contributed by atoms with E-state index in [1.165, 1.54) is 60.5 Å². The second-order valence-electron chi connectivity index (χ2n) is 8.03. The molecule has 0 bridgehead atoms. The van der Waals surface area contributed by atoms with Gasteiger partial charge in [-0.2, -0.15) is 0 Å². The van der Waals surface area contributed by atoms with E-state index >= 15 is 0 Å². The van der Waals surface area contributed by atoms with E-state index in [2.05, 4.69) is 109 Å². The van der Waals surface area contributed by atoms with E-state index in [4.69, 9.17) is 0 Å². The largest absolute Gasteiger partial charge is 0.309 e. The molecule has 0 unspecified atom stereocenters. The number of aryl methyl sites for hydroxylation is 2. The predicted octanol–water partition coefficient (Wildman–Crippen LogP) is 8.64. The van der Waals surface area contributed by atoms with Gasteiger partial charge in [0.25, 0.3) is 0 Å². The van der Waals surface area contributed by atoms with Gasteiger partial charge in [-0.15, -0.1) is 11.3 Å². The molecule has 0 radical (unpaired) electrons. The van der Waals surface area contributed by atoms with Gasteiger partial charge in [-0.05, 0) is 72.1 Å². The Morgan fingerprint density at radius 2 is 1.43 bits per heavy atom. The number of nitrogens with zero attached hydrogens (tertiary/aromatic N) is 1. The van der Waals surface area contributed by atoms with Crippen LogP contribution in [0.5, 0.6) is 0 Å². The van der Waals surface area contributed by atoms with Gasteiger partial charge in [-0.3, -0.25) is 0 Å². The lowest BCUT2D eigenvalue weighted by atomic mass is 9.88. The highest BCUT2D eigenvalue weighted by molar-refractivity contribution is 7.13. The number of rotatable bonds is 2. The van der Waals surface area contributed by atoms with E-state index in [1.54, 1.807) is 11.3 Å². The highest BCUT2D eigenvalue weighted by Gasteiger charge is 2.26. The van der Waals surface area contributed by atoms with Crippen molar-refractivity contribution >= 4 is 39.2 Å². The number of thiophene rings is 1. The van der Waals surface area contributed by atoms with Crippen LogP contribution in [0.1, 0.15) is 11.1 Å². The van der Waals surface area contributed by atoms with Crippen LogP contribution in [0.4, 0.5) is 17.1 Å². The molecule has 2 heteroatoms. The van der Waals surface area contributed by atoms with E-state index in [9.17, 15) is 0 Å². The number of anilines is 3. The van der Waals surface area contributed by atoms with Crippen molar-refractivity contribution in [3.8, 4) is 21.6 Å². The number of hydrogen-bond donors (Lipinski definition) is 0. The van der Waals surface area contributed by atoms with Gasteiger partial charge in [0.05, 0.1) is 11.4 Å². The standard InChI is InChI=1S/C28H21NS/c1-18-8-11-20(12-9-18)29-25-14-10-19(2)17-24(25)23-6-3-5-22-21(27-7-4-16-30-27)13-15-26(29)28(22)23/h3-17H,1-2H3. The lowest BCUT2D eigenvalue weighted by Crippen LogP contribution is -2.15. The van der Waals surface area contributed by atoms with Crippen molar-refractivity contribution in [1.29, 1.82) is 0 Å². The summed E-state index contributed by atoms with van der Waals surface area (Å²) in [4.78, 5) is 3.73. The molecule has 0 fully saturated rings. The Hall–Kier alpha value is -3.36. The molecule has 0 spiro atoms. The predicted molar refractivity (Wildman–Crippen MR) is 130 cm³/mol. The monoisotopic (exact) mass is 403 g/mol. The lowest BCUT2D eigenvalue weighted by Gasteiger charge is -2.34. The maximum absolute atomic E-state index is 2.42. The zero-order valence-electron chi connectivity index (χ0n) is 17.0. The van der Waals surface area contributed by atoms with Crippen LogP contribution in [0.15, 0.2) is 90.3 Å². The minimum atomic E-state index is 1.20. The molecule has 0 amide bonds. The van der Waals surface area contributed by atoms with Gasteiger partial charge in [0.15, 0.2) is 0 Å². The van der Waals surface area contributed by atoms with Crippen LogP contribution in [-0.2, 0) is 0 Å². The first-order valence-corrected chi connectivity index (χ1v) is 11.2. The van der Waals surface area contributed by atoms with Crippen molar-refractivity contribution in [2.45, 2.75) is 13.8 Å². The van der Waals surface area contributed by atoms with Gasteiger partial charge in [0.2, 0.25) is 0 Å². The second-order valence-corrected chi connectivity index (χ2v) is 8.98. The average molecular weight is 404 g/mol. The van der Waals surface area contributed by atoms with Crippen LogP contribution in [-0.4, -0.2) is 0 Å². The van der Waals surface area contributed by atoms with E-state index < -0.39 is 0 Å². The first-order chi connectivity index (χ1) is 14.7. The Labute approximate surface area is 180 Å². The highest BCUT2D eigenvalue weighted by Crippen LogP contribution is 2.52. The molecule has 1 aliphatic heterocycles. The first-order valence-electron chi connectivity index (χ1n) is 10.3. The fourth-order valence-corrected chi connectivity index (χ4v) is 5.37. The molecule has 6 rings (SSSR count). The normalized spacial score (nSPS) is 12.3. The summed E-state index contributed by atoms with van der Waals surface area (Å²) < 4.78 is 0. The molecule has 1 aromatic heterocycles. The molecular formula is C28H21NS. The van der Waals surface area contributed by atoms with Gasteiger partial charge in [-0.25, -0.2) is 0 Å². The van der Waals surface area contributed by atoms with Crippen LogP contribution in [0, 0.1) is 13.8 Å². The second kappa shape index (κ2) is 6.58. The molecule has 0 N–H and O–H groups in total. The molecule has 2 heterocycles. The maximum atomic E-state index is 2.42.